The second-order valence-corrected chi connectivity index (χ2v) is 16.5. The van der Waals surface area contributed by atoms with Gasteiger partial charge in [0, 0.05) is 30.2 Å². The molecule has 0 bridgehead atoms. The molecule has 0 N–H and O–H groups in total. The fourth-order valence-electron chi connectivity index (χ4n) is 11.9. The summed E-state index contributed by atoms with van der Waals surface area (Å²) in [5.74, 6) is 4.14. The fraction of sp³-hybridized carbons (Fsp3) is 0.818. The first kappa shape index (κ1) is 26.0. The third-order valence-electron chi connectivity index (χ3n) is 13.9. The highest BCUT2D eigenvalue weighted by Gasteiger charge is 2.73. The lowest BCUT2D eigenvalue weighted by Crippen LogP contribution is -2.69. The number of hydrogen-bond acceptors (Lipinski definition) is 6. The summed E-state index contributed by atoms with van der Waals surface area (Å²) in [4.78, 5) is 14.8. The molecule has 212 valence electrons. The van der Waals surface area contributed by atoms with Crippen molar-refractivity contribution in [3.05, 3.63) is 29.3 Å². The smallest absolute Gasteiger partial charge is 0.222 e. The molecule has 5 aliphatic carbocycles. The molecule has 4 fully saturated rings. The zero-order valence-electron chi connectivity index (χ0n) is 25.3. The minimum atomic E-state index is -0.175. The van der Waals surface area contributed by atoms with Crippen LogP contribution in [0.4, 0.5) is 0 Å². The lowest BCUT2D eigenvalue weighted by molar-refractivity contribution is -0.221. The molecular formula is C33H47N3O3. The fourth-order valence-corrected chi connectivity index (χ4v) is 11.9. The van der Waals surface area contributed by atoms with E-state index in [1.807, 2.05) is 13.1 Å². The summed E-state index contributed by atoms with van der Waals surface area (Å²) in [6.45, 7) is 19.0. The average Bonchev–Trinajstić information content (AvgIpc) is 3.50. The van der Waals surface area contributed by atoms with E-state index in [0.29, 0.717) is 29.9 Å². The highest BCUT2D eigenvalue weighted by atomic mass is 16.5. The first-order chi connectivity index (χ1) is 18.2. The molecule has 0 unspecified atom stereocenters. The Morgan fingerprint density at radius 1 is 0.897 bits per heavy atom. The van der Waals surface area contributed by atoms with Crippen LogP contribution in [0.5, 0.6) is 0 Å². The summed E-state index contributed by atoms with van der Waals surface area (Å²) >= 11 is 0. The molecule has 39 heavy (non-hydrogen) atoms. The molecule has 5 aliphatic rings. The van der Waals surface area contributed by atoms with Crippen molar-refractivity contribution in [1.29, 1.82) is 0 Å². The molecule has 0 aliphatic heterocycles. The van der Waals surface area contributed by atoms with E-state index in [1.54, 1.807) is 0 Å². The van der Waals surface area contributed by atoms with Crippen LogP contribution in [0, 0.1) is 52.3 Å². The molecule has 4 saturated carbocycles. The van der Waals surface area contributed by atoms with Crippen molar-refractivity contribution in [3.63, 3.8) is 0 Å². The van der Waals surface area contributed by atoms with Crippen molar-refractivity contribution in [2.24, 2.45) is 45.3 Å². The van der Waals surface area contributed by atoms with Crippen LogP contribution in [-0.2, 0) is 22.0 Å². The van der Waals surface area contributed by atoms with E-state index in [1.165, 1.54) is 18.4 Å². The van der Waals surface area contributed by atoms with E-state index in [4.69, 9.17) is 8.94 Å². The molecule has 7 rings (SSSR count). The van der Waals surface area contributed by atoms with Crippen molar-refractivity contribution in [1.82, 2.24) is 15.4 Å². The van der Waals surface area contributed by atoms with Gasteiger partial charge in [0.25, 0.3) is 0 Å². The second-order valence-electron chi connectivity index (χ2n) is 16.5. The van der Waals surface area contributed by atoms with E-state index in [9.17, 15) is 4.79 Å². The van der Waals surface area contributed by atoms with Gasteiger partial charge in [-0.15, -0.1) is 10.2 Å². The molecule has 0 spiro atoms. The Morgan fingerprint density at radius 2 is 1.64 bits per heavy atom. The van der Waals surface area contributed by atoms with Gasteiger partial charge in [-0.2, -0.15) is 0 Å². The van der Waals surface area contributed by atoms with E-state index < -0.39 is 0 Å². The predicted molar refractivity (Wildman–Crippen MR) is 148 cm³/mol. The summed E-state index contributed by atoms with van der Waals surface area (Å²) in [5, 5.41) is 13.1. The lowest BCUT2D eigenvalue weighted by atomic mass is 9.31. The second kappa shape index (κ2) is 7.64. The Hall–Kier alpha value is -1.98. The normalized spacial score (nSPS) is 45.9. The van der Waals surface area contributed by atoms with Gasteiger partial charge in [-0.05, 0) is 90.8 Å². The maximum Gasteiger partial charge on any atom is 0.222 e. The molecule has 0 amide bonds. The minimum Gasteiger partial charge on any atom is -0.425 e. The summed E-state index contributed by atoms with van der Waals surface area (Å²) in [6, 6.07) is 0. The monoisotopic (exact) mass is 533 g/mol. The van der Waals surface area contributed by atoms with E-state index >= 15 is 0 Å². The standard InChI is InChI=1S/C33H47N3O3/c1-19-35-36-27(38-19)33-13-11-28(2,3)17-21(33)25-22(37)15-24-30(6)16-20-18-34-39-26(20)29(4,5)23(30)9-10-31(24,7)32(25,8)12-14-33/h18,21,23-25H,9-17H2,1-8H3/t21-,23-,24+,25-,30-,31+,32+,33-/m0/s1. The SMILES string of the molecule is Cc1nnc([C@]23CCC(C)(C)C[C@H]2[C@H]2C(=O)C[C@@H]4[C@@]5(C)Cc6cnoc6C(C)(C)[C@@H]5CC[C@@]4(C)[C@]2(C)CC3)o1. The Labute approximate surface area is 233 Å². The maximum absolute atomic E-state index is 14.8. The van der Waals surface area contributed by atoms with Gasteiger partial charge >= 0.3 is 0 Å². The average molecular weight is 534 g/mol. The summed E-state index contributed by atoms with van der Waals surface area (Å²) in [6.07, 6.45) is 11.3. The Bertz CT molecular complexity index is 1340. The Balaban J connectivity index is 1.34. The van der Waals surface area contributed by atoms with Crippen molar-refractivity contribution >= 4 is 5.78 Å². The predicted octanol–water partition coefficient (Wildman–Crippen LogP) is 7.39. The van der Waals surface area contributed by atoms with E-state index in [0.717, 1.165) is 50.2 Å². The van der Waals surface area contributed by atoms with E-state index in [-0.39, 0.29) is 44.3 Å². The molecule has 0 saturated heterocycles. The lowest BCUT2D eigenvalue weighted by Gasteiger charge is -2.72. The number of carbonyl (C=O) groups is 1. The molecule has 0 radical (unpaired) electrons. The highest BCUT2D eigenvalue weighted by Crippen LogP contribution is 2.76. The van der Waals surface area contributed by atoms with Crippen molar-refractivity contribution in [3.8, 4) is 0 Å². The molecular weight excluding hydrogens is 486 g/mol. The van der Waals surface area contributed by atoms with Crippen LogP contribution < -0.4 is 0 Å². The van der Waals surface area contributed by atoms with Crippen LogP contribution in [0.25, 0.3) is 0 Å². The molecule has 6 heteroatoms. The van der Waals surface area contributed by atoms with Crippen LogP contribution in [0.3, 0.4) is 0 Å². The number of aryl methyl sites for hydroxylation is 1. The van der Waals surface area contributed by atoms with Gasteiger partial charge in [0.15, 0.2) is 0 Å². The van der Waals surface area contributed by atoms with Gasteiger partial charge in [0.1, 0.15) is 11.5 Å². The third-order valence-corrected chi connectivity index (χ3v) is 13.9. The zero-order chi connectivity index (χ0) is 27.8. The molecule has 6 nitrogen and oxygen atoms in total. The molecule has 0 aromatic carbocycles. The van der Waals surface area contributed by atoms with E-state index in [2.05, 4.69) is 63.8 Å². The quantitative estimate of drug-likeness (QED) is 0.380. The largest absolute Gasteiger partial charge is 0.425 e. The van der Waals surface area contributed by atoms with Crippen LogP contribution in [0.1, 0.15) is 123 Å². The number of ketones is 1. The molecule has 2 heterocycles. The van der Waals surface area contributed by atoms with Crippen LogP contribution in [-0.4, -0.2) is 21.1 Å². The third kappa shape index (κ3) is 3.10. The number of fused-ring (bicyclic) bond motifs is 8. The number of nitrogens with zero attached hydrogens (tertiary/aromatic N) is 3. The van der Waals surface area contributed by atoms with Gasteiger partial charge in [-0.3, -0.25) is 4.79 Å². The number of rotatable bonds is 1. The molecule has 8 atom stereocenters. The summed E-state index contributed by atoms with van der Waals surface area (Å²) < 4.78 is 12.1. The van der Waals surface area contributed by atoms with Crippen LogP contribution >= 0.6 is 0 Å². The van der Waals surface area contributed by atoms with Gasteiger partial charge < -0.3 is 8.94 Å². The summed E-state index contributed by atoms with van der Waals surface area (Å²) in [7, 11) is 0. The Morgan fingerprint density at radius 3 is 2.36 bits per heavy atom. The molecule has 2 aromatic rings. The van der Waals surface area contributed by atoms with Crippen LogP contribution in [0.2, 0.25) is 0 Å². The van der Waals surface area contributed by atoms with Gasteiger partial charge in [0.05, 0.1) is 11.6 Å². The van der Waals surface area contributed by atoms with Crippen molar-refractivity contribution in [2.75, 3.05) is 0 Å². The maximum atomic E-state index is 14.8. The van der Waals surface area contributed by atoms with Crippen molar-refractivity contribution < 1.29 is 13.7 Å². The zero-order valence-corrected chi connectivity index (χ0v) is 25.3. The first-order valence-corrected chi connectivity index (χ1v) is 15.5. The minimum absolute atomic E-state index is 0.0437. The van der Waals surface area contributed by atoms with Crippen molar-refractivity contribution in [2.45, 2.75) is 124 Å². The first-order valence-electron chi connectivity index (χ1n) is 15.5. The highest BCUT2D eigenvalue weighted by molar-refractivity contribution is 5.84. The number of carbonyl (C=O) groups excluding carboxylic acids is 1. The number of hydrogen-bond donors (Lipinski definition) is 0. The summed E-state index contributed by atoms with van der Waals surface area (Å²) in [5.41, 5.74) is 1.31. The number of Topliss-reactive ketones (excluding diaryl/α,β-unsaturated/α-hetero) is 1. The number of aromatic nitrogens is 3. The Kier molecular flexibility index (Phi) is 5.09. The van der Waals surface area contributed by atoms with Gasteiger partial charge in [0.2, 0.25) is 11.8 Å². The van der Waals surface area contributed by atoms with Crippen LogP contribution in [0.15, 0.2) is 15.1 Å². The topological polar surface area (TPSA) is 82.0 Å². The van der Waals surface area contributed by atoms with Gasteiger partial charge in [-0.25, -0.2) is 0 Å². The van der Waals surface area contributed by atoms with Gasteiger partial charge in [-0.1, -0.05) is 53.6 Å². The molecule has 2 aromatic heterocycles.